The first kappa shape index (κ1) is 11.4. The number of aromatic nitrogens is 2. The SMILES string of the molecule is Cc1ccc(-c2nc3scc(C)n3c2CN)cc1. The fourth-order valence-electron chi connectivity index (χ4n) is 2.20. The van der Waals surface area contributed by atoms with Crippen molar-refractivity contribution in [3.63, 3.8) is 0 Å². The Morgan fingerprint density at radius 2 is 1.94 bits per heavy atom. The Hall–Kier alpha value is -1.65. The van der Waals surface area contributed by atoms with Crippen molar-refractivity contribution in [1.82, 2.24) is 9.38 Å². The molecule has 0 amide bonds. The van der Waals surface area contributed by atoms with E-state index in [0.29, 0.717) is 6.54 Å². The second kappa shape index (κ2) is 4.23. The molecule has 3 aromatic rings. The van der Waals surface area contributed by atoms with Crippen molar-refractivity contribution < 1.29 is 0 Å². The highest BCUT2D eigenvalue weighted by Crippen LogP contribution is 2.28. The molecule has 0 bridgehead atoms. The minimum Gasteiger partial charge on any atom is -0.325 e. The van der Waals surface area contributed by atoms with E-state index in [1.807, 2.05) is 0 Å². The molecule has 0 fully saturated rings. The summed E-state index contributed by atoms with van der Waals surface area (Å²) in [6, 6.07) is 8.43. The molecule has 0 radical (unpaired) electrons. The summed E-state index contributed by atoms with van der Waals surface area (Å²) in [4.78, 5) is 5.72. The van der Waals surface area contributed by atoms with Gasteiger partial charge in [-0.25, -0.2) is 4.98 Å². The van der Waals surface area contributed by atoms with E-state index < -0.39 is 0 Å². The Morgan fingerprint density at radius 3 is 2.61 bits per heavy atom. The minimum absolute atomic E-state index is 0.502. The van der Waals surface area contributed by atoms with Gasteiger partial charge in [-0.15, -0.1) is 11.3 Å². The maximum atomic E-state index is 5.90. The molecule has 92 valence electrons. The molecule has 0 spiro atoms. The Morgan fingerprint density at radius 1 is 1.22 bits per heavy atom. The fraction of sp³-hybridized carbons (Fsp3) is 0.214. The van der Waals surface area contributed by atoms with Gasteiger partial charge in [0.2, 0.25) is 0 Å². The number of fused-ring (bicyclic) bond motifs is 1. The second-order valence-corrected chi connectivity index (χ2v) is 5.31. The molecule has 18 heavy (non-hydrogen) atoms. The monoisotopic (exact) mass is 257 g/mol. The zero-order chi connectivity index (χ0) is 12.7. The molecule has 1 aromatic carbocycles. The van der Waals surface area contributed by atoms with E-state index in [1.54, 1.807) is 11.3 Å². The lowest BCUT2D eigenvalue weighted by molar-refractivity contribution is 0.946. The van der Waals surface area contributed by atoms with Crippen LogP contribution < -0.4 is 5.73 Å². The van der Waals surface area contributed by atoms with Gasteiger partial charge in [0.25, 0.3) is 0 Å². The fourth-order valence-corrected chi connectivity index (χ4v) is 3.08. The highest BCUT2D eigenvalue weighted by Gasteiger charge is 2.15. The average molecular weight is 257 g/mol. The molecule has 0 unspecified atom stereocenters. The highest BCUT2D eigenvalue weighted by molar-refractivity contribution is 7.15. The first-order valence-corrected chi connectivity index (χ1v) is 6.81. The van der Waals surface area contributed by atoms with Crippen molar-refractivity contribution in [2.24, 2.45) is 5.73 Å². The van der Waals surface area contributed by atoms with Gasteiger partial charge in [0.15, 0.2) is 4.96 Å². The van der Waals surface area contributed by atoms with Crippen LogP contribution in [0.4, 0.5) is 0 Å². The lowest BCUT2D eigenvalue weighted by Gasteiger charge is -2.03. The molecule has 0 saturated heterocycles. The first-order valence-electron chi connectivity index (χ1n) is 5.93. The van der Waals surface area contributed by atoms with E-state index in [-0.39, 0.29) is 0 Å². The van der Waals surface area contributed by atoms with Crippen LogP contribution in [0, 0.1) is 13.8 Å². The van der Waals surface area contributed by atoms with Crippen molar-refractivity contribution in [2.75, 3.05) is 0 Å². The normalized spacial score (nSPS) is 11.3. The predicted octanol–water partition coefficient (Wildman–Crippen LogP) is 3.14. The summed E-state index contributed by atoms with van der Waals surface area (Å²) in [6.07, 6.45) is 0. The second-order valence-electron chi connectivity index (χ2n) is 4.47. The maximum Gasteiger partial charge on any atom is 0.194 e. The number of thiazole rings is 1. The lowest BCUT2D eigenvalue weighted by Crippen LogP contribution is -2.03. The van der Waals surface area contributed by atoms with Crippen LogP contribution in [0.3, 0.4) is 0 Å². The van der Waals surface area contributed by atoms with Crippen molar-refractivity contribution >= 4 is 16.3 Å². The Bertz CT molecular complexity index is 692. The Balaban J connectivity index is 2.25. The largest absolute Gasteiger partial charge is 0.325 e. The van der Waals surface area contributed by atoms with Gasteiger partial charge in [-0.05, 0) is 13.8 Å². The van der Waals surface area contributed by atoms with Gasteiger partial charge in [-0.2, -0.15) is 0 Å². The zero-order valence-electron chi connectivity index (χ0n) is 10.5. The molecule has 2 aromatic heterocycles. The van der Waals surface area contributed by atoms with Crippen LogP contribution in [0.2, 0.25) is 0 Å². The highest BCUT2D eigenvalue weighted by atomic mass is 32.1. The molecule has 0 atom stereocenters. The van der Waals surface area contributed by atoms with Crippen molar-refractivity contribution in [3.05, 3.63) is 46.6 Å². The molecule has 0 aliphatic heterocycles. The molecule has 2 heterocycles. The summed E-state index contributed by atoms with van der Waals surface area (Å²) in [5.41, 5.74) is 11.6. The topological polar surface area (TPSA) is 43.3 Å². The average Bonchev–Trinajstić information content (AvgIpc) is 2.91. The molecular weight excluding hydrogens is 242 g/mol. The molecule has 4 heteroatoms. The molecule has 0 aliphatic rings. The quantitative estimate of drug-likeness (QED) is 0.766. The predicted molar refractivity (Wildman–Crippen MR) is 75.9 cm³/mol. The summed E-state index contributed by atoms with van der Waals surface area (Å²) in [5.74, 6) is 0. The van der Waals surface area contributed by atoms with Crippen LogP contribution >= 0.6 is 11.3 Å². The molecule has 3 nitrogen and oxygen atoms in total. The standard InChI is InChI=1S/C14H15N3S/c1-9-3-5-11(6-4-9)13-12(7-15)17-10(2)8-18-14(17)16-13/h3-6,8H,7,15H2,1-2H3. The Labute approximate surface area is 110 Å². The van der Waals surface area contributed by atoms with Crippen LogP contribution in [0.15, 0.2) is 29.6 Å². The first-order chi connectivity index (χ1) is 8.70. The van der Waals surface area contributed by atoms with Gasteiger partial charge >= 0.3 is 0 Å². The van der Waals surface area contributed by atoms with Gasteiger partial charge in [0.05, 0.1) is 11.4 Å². The van der Waals surface area contributed by atoms with Gasteiger partial charge < -0.3 is 5.73 Å². The third-order valence-electron chi connectivity index (χ3n) is 3.15. The smallest absolute Gasteiger partial charge is 0.194 e. The summed E-state index contributed by atoms with van der Waals surface area (Å²) < 4.78 is 2.15. The Kier molecular flexibility index (Phi) is 2.69. The summed E-state index contributed by atoms with van der Waals surface area (Å²) >= 11 is 1.66. The van der Waals surface area contributed by atoms with E-state index >= 15 is 0 Å². The van der Waals surface area contributed by atoms with E-state index in [9.17, 15) is 0 Å². The minimum atomic E-state index is 0.502. The molecule has 0 aliphatic carbocycles. The molecular formula is C14H15N3S. The van der Waals surface area contributed by atoms with Crippen molar-refractivity contribution in [1.29, 1.82) is 0 Å². The number of hydrogen-bond acceptors (Lipinski definition) is 3. The summed E-state index contributed by atoms with van der Waals surface area (Å²) in [6.45, 7) is 4.68. The number of nitrogens with zero attached hydrogens (tertiary/aromatic N) is 2. The number of hydrogen-bond donors (Lipinski definition) is 1. The third-order valence-corrected chi connectivity index (χ3v) is 4.09. The number of imidazole rings is 1. The third kappa shape index (κ3) is 1.65. The van der Waals surface area contributed by atoms with Gasteiger partial charge in [-0.1, -0.05) is 29.8 Å². The lowest BCUT2D eigenvalue weighted by atomic mass is 10.1. The van der Waals surface area contributed by atoms with Gasteiger partial charge in [0.1, 0.15) is 0 Å². The molecule has 2 N–H and O–H groups in total. The van der Waals surface area contributed by atoms with Crippen LogP contribution in [-0.4, -0.2) is 9.38 Å². The van der Waals surface area contributed by atoms with Crippen LogP contribution in [0.25, 0.3) is 16.2 Å². The van der Waals surface area contributed by atoms with E-state index in [1.165, 1.54) is 11.3 Å². The van der Waals surface area contributed by atoms with Crippen molar-refractivity contribution in [2.45, 2.75) is 20.4 Å². The summed E-state index contributed by atoms with van der Waals surface area (Å²) in [7, 11) is 0. The number of aryl methyl sites for hydroxylation is 2. The van der Waals surface area contributed by atoms with Crippen molar-refractivity contribution in [3.8, 4) is 11.3 Å². The number of benzene rings is 1. The van der Waals surface area contributed by atoms with Crippen LogP contribution in [0.5, 0.6) is 0 Å². The van der Waals surface area contributed by atoms with E-state index in [4.69, 9.17) is 10.7 Å². The van der Waals surface area contributed by atoms with Crippen LogP contribution in [-0.2, 0) is 6.54 Å². The summed E-state index contributed by atoms with van der Waals surface area (Å²) in [5, 5.41) is 2.11. The molecule has 0 saturated carbocycles. The van der Waals surface area contributed by atoms with Crippen LogP contribution in [0.1, 0.15) is 17.0 Å². The van der Waals surface area contributed by atoms with E-state index in [2.05, 4.69) is 47.9 Å². The molecule has 3 rings (SSSR count). The van der Waals surface area contributed by atoms with E-state index in [0.717, 1.165) is 21.9 Å². The number of rotatable bonds is 2. The zero-order valence-corrected chi connectivity index (χ0v) is 11.3. The maximum absolute atomic E-state index is 5.90. The number of nitrogens with two attached hydrogens (primary N) is 1. The van der Waals surface area contributed by atoms with Gasteiger partial charge in [0, 0.05) is 23.2 Å². The van der Waals surface area contributed by atoms with Gasteiger partial charge in [-0.3, -0.25) is 4.40 Å².